The molecule has 3 heteroatoms. The van der Waals surface area contributed by atoms with Crippen LogP contribution in [0.3, 0.4) is 0 Å². The van der Waals surface area contributed by atoms with Crippen molar-refractivity contribution in [1.82, 2.24) is 0 Å². The first kappa shape index (κ1) is 12.1. The summed E-state index contributed by atoms with van der Waals surface area (Å²) in [6, 6.07) is 0. The van der Waals surface area contributed by atoms with Gasteiger partial charge in [0.1, 0.15) is 6.29 Å². The number of hydrogen-bond donors (Lipinski definition) is 1. The van der Waals surface area contributed by atoms with Crippen LogP contribution < -0.4 is 0 Å². The van der Waals surface area contributed by atoms with Gasteiger partial charge in [0.2, 0.25) is 0 Å². The van der Waals surface area contributed by atoms with E-state index in [1.807, 2.05) is 0 Å². The van der Waals surface area contributed by atoms with E-state index < -0.39 is 5.97 Å². The van der Waals surface area contributed by atoms with Crippen molar-refractivity contribution in [2.75, 3.05) is 0 Å². The Bertz CT molecular complexity index is 158. The first-order valence-electron chi connectivity index (χ1n) is 4.74. The molecule has 76 valence electrons. The number of carboxylic acid groups (broad SMARTS) is 1. The number of hydrogen-bond acceptors (Lipinski definition) is 2. The Balaban J connectivity index is 0.000000424. The van der Waals surface area contributed by atoms with Gasteiger partial charge in [-0.3, -0.25) is 4.79 Å². The molecule has 1 fully saturated rings. The van der Waals surface area contributed by atoms with Crippen molar-refractivity contribution in [3.8, 4) is 0 Å². The SMILES string of the molecule is CC1CCC(C(=O)O)CC1.CC=O. The molecule has 0 amide bonds. The highest BCUT2D eigenvalue weighted by molar-refractivity contribution is 5.69. The van der Waals surface area contributed by atoms with Gasteiger partial charge in [0.15, 0.2) is 0 Å². The summed E-state index contributed by atoms with van der Waals surface area (Å²) in [7, 11) is 0. The normalized spacial score (nSPS) is 26.9. The van der Waals surface area contributed by atoms with E-state index in [1.54, 1.807) is 0 Å². The van der Waals surface area contributed by atoms with Gasteiger partial charge in [-0.05, 0) is 38.5 Å². The second-order valence-electron chi connectivity index (χ2n) is 3.53. The molecule has 0 heterocycles. The van der Waals surface area contributed by atoms with E-state index in [4.69, 9.17) is 9.90 Å². The summed E-state index contributed by atoms with van der Waals surface area (Å²) in [5.74, 6) is 0.0960. The number of carboxylic acids is 1. The third kappa shape index (κ3) is 5.39. The molecular weight excluding hydrogens is 168 g/mol. The summed E-state index contributed by atoms with van der Waals surface area (Å²) in [6.45, 7) is 3.64. The van der Waals surface area contributed by atoms with Crippen LogP contribution in [0, 0.1) is 11.8 Å². The smallest absolute Gasteiger partial charge is 0.306 e. The van der Waals surface area contributed by atoms with Crippen LogP contribution in [0.1, 0.15) is 39.5 Å². The second kappa shape index (κ2) is 6.63. The largest absolute Gasteiger partial charge is 0.481 e. The van der Waals surface area contributed by atoms with Gasteiger partial charge >= 0.3 is 5.97 Å². The zero-order valence-corrected chi connectivity index (χ0v) is 8.32. The number of carbonyl (C=O) groups is 2. The van der Waals surface area contributed by atoms with Crippen molar-refractivity contribution in [1.29, 1.82) is 0 Å². The van der Waals surface area contributed by atoms with Gasteiger partial charge < -0.3 is 9.90 Å². The van der Waals surface area contributed by atoms with Gasteiger partial charge in [-0.25, -0.2) is 0 Å². The molecule has 0 bridgehead atoms. The molecule has 0 saturated heterocycles. The lowest BCUT2D eigenvalue weighted by atomic mass is 9.83. The lowest BCUT2D eigenvalue weighted by Crippen LogP contribution is -2.19. The van der Waals surface area contributed by atoms with E-state index in [0.717, 1.165) is 37.9 Å². The van der Waals surface area contributed by atoms with Gasteiger partial charge in [0.25, 0.3) is 0 Å². The number of aliphatic carboxylic acids is 1. The predicted octanol–water partition coefficient (Wildman–Crippen LogP) is 2.10. The minimum atomic E-state index is -0.605. The van der Waals surface area contributed by atoms with Gasteiger partial charge in [0.05, 0.1) is 5.92 Å². The third-order valence-corrected chi connectivity index (χ3v) is 2.37. The molecule has 1 rings (SSSR count). The van der Waals surface area contributed by atoms with Crippen LogP contribution in [0.2, 0.25) is 0 Å². The van der Waals surface area contributed by atoms with E-state index in [0.29, 0.717) is 0 Å². The molecule has 0 aliphatic heterocycles. The van der Waals surface area contributed by atoms with Gasteiger partial charge in [0, 0.05) is 0 Å². The van der Waals surface area contributed by atoms with Crippen LogP contribution in [0.15, 0.2) is 0 Å². The van der Waals surface area contributed by atoms with Crippen molar-refractivity contribution in [2.45, 2.75) is 39.5 Å². The maximum Gasteiger partial charge on any atom is 0.306 e. The molecule has 0 aromatic heterocycles. The maximum atomic E-state index is 10.5. The highest BCUT2D eigenvalue weighted by atomic mass is 16.4. The molecule has 1 saturated carbocycles. The Labute approximate surface area is 79.1 Å². The van der Waals surface area contributed by atoms with Crippen LogP contribution in [0.4, 0.5) is 0 Å². The summed E-state index contributed by atoms with van der Waals surface area (Å²) in [6.07, 6.45) is 4.71. The van der Waals surface area contributed by atoms with E-state index in [2.05, 4.69) is 6.92 Å². The van der Waals surface area contributed by atoms with Crippen LogP contribution in [0.5, 0.6) is 0 Å². The molecule has 13 heavy (non-hydrogen) atoms. The predicted molar refractivity (Wildman–Crippen MR) is 50.5 cm³/mol. The molecule has 0 unspecified atom stereocenters. The molecular formula is C10H18O3. The number of rotatable bonds is 1. The first-order chi connectivity index (χ1) is 6.11. The molecule has 0 radical (unpaired) electrons. The Morgan fingerprint density at radius 2 is 1.69 bits per heavy atom. The Kier molecular flexibility index (Phi) is 6.20. The summed E-state index contributed by atoms with van der Waals surface area (Å²) in [4.78, 5) is 19.3. The van der Waals surface area contributed by atoms with Crippen molar-refractivity contribution in [3.05, 3.63) is 0 Å². The zero-order valence-electron chi connectivity index (χ0n) is 8.32. The third-order valence-electron chi connectivity index (χ3n) is 2.37. The van der Waals surface area contributed by atoms with Crippen molar-refractivity contribution >= 4 is 12.3 Å². The van der Waals surface area contributed by atoms with Crippen LogP contribution >= 0.6 is 0 Å². The lowest BCUT2D eigenvalue weighted by molar-refractivity contribution is -0.143. The van der Waals surface area contributed by atoms with Crippen molar-refractivity contribution in [3.63, 3.8) is 0 Å². The van der Waals surface area contributed by atoms with Crippen LogP contribution in [-0.4, -0.2) is 17.4 Å². The fourth-order valence-corrected chi connectivity index (χ4v) is 1.51. The molecule has 0 aromatic rings. The number of carbonyl (C=O) groups excluding carboxylic acids is 1. The summed E-state index contributed by atoms with van der Waals surface area (Å²) < 4.78 is 0. The minimum Gasteiger partial charge on any atom is -0.481 e. The highest BCUT2D eigenvalue weighted by Crippen LogP contribution is 2.27. The Morgan fingerprint density at radius 3 is 2.00 bits per heavy atom. The fourth-order valence-electron chi connectivity index (χ4n) is 1.51. The standard InChI is InChI=1S/C8H14O2.C2H4O/c1-6-2-4-7(5-3-6)8(9)10;1-2-3/h6-7H,2-5H2,1H3,(H,9,10);2H,1H3. The van der Waals surface area contributed by atoms with E-state index in [-0.39, 0.29) is 5.92 Å². The van der Waals surface area contributed by atoms with Crippen molar-refractivity contribution < 1.29 is 14.7 Å². The van der Waals surface area contributed by atoms with Gasteiger partial charge in [-0.1, -0.05) is 6.92 Å². The number of aldehydes is 1. The molecule has 1 aliphatic rings. The zero-order chi connectivity index (χ0) is 10.3. The Hall–Kier alpha value is -0.860. The second-order valence-corrected chi connectivity index (χ2v) is 3.53. The summed E-state index contributed by atoms with van der Waals surface area (Å²) >= 11 is 0. The lowest BCUT2D eigenvalue weighted by Gasteiger charge is -2.22. The molecule has 1 aliphatic carbocycles. The summed E-state index contributed by atoms with van der Waals surface area (Å²) in [5.41, 5.74) is 0. The average molecular weight is 186 g/mol. The van der Waals surface area contributed by atoms with Crippen molar-refractivity contribution in [2.24, 2.45) is 11.8 Å². The summed E-state index contributed by atoms with van der Waals surface area (Å²) in [5, 5.41) is 8.62. The molecule has 3 nitrogen and oxygen atoms in total. The van der Waals surface area contributed by atoms with Gasteiger partial charge in [-0.15, -0.1) is 0 Å². The van der Waals surface area contributed by atoms with E-state index >= 15 is 0 Å². The minimum absolute atomic E-state index is 0.0452. The van der Waals surface area contributed by atoms with E-state index in [1.165, 1.54) is 6.92 Å². The molecule has 1 N–H and O–H groups in total. The molecule has 0 aromatic carbocycles. The first-order valence-corrected chi connectivity index (χ1v) is 4.74. The van der Waals surface area contributed by atoms with Crippen LogP contribution in [0.25, 0.3) is 0 Å². The average Bonchev–Trinajstić information content (AvgIpc) is 2.06. The fraction of sp³-hybridized carbons (Fsp3) is 0.800. The quantitative estimate of drug-likeness (QED) is 0.638. The molecule has 0 atom stereocenters. The highest BCUT2D eigenvalue weighted by Gasteiger charge is 2.23. The topological polar surface area (TPSA) is 54.4 Å². The van der Waals surface area contributed by atoms with E-state index in [9.17, 15) is 4.79 Å². The molecule has 0 spiro atoms. The van der Waals surface area contributed by atoms with Crippen LogP contribution in [-0.2, 0) is 9.59 Å². The van der Waals surface area contributed by atoms with Gasteiger partial charge in [-0.2, -0.15) is 0 Å². The Morgan fingerprint density at radius 1 is 1.31 bits per heavy atom. The maximum absolute atomic E-state index is 10.5. The monoisotopic (exact) mass is 186 g/mol.